The van der Waals surface area contributed by atoms with Crippen molar-refractivity contribution >= 4 is 54.4 Å². The highest BCUT2D eigenvalue weighted by atomic mass is 79.9. The number of hydrogen-bond acceptors (Lipinski definition) is 4. The smallest absolute Gasteiger partial charge is 0.127 e. The van der Waals surface area contributed by atoms with Crippen molar-refractivity contribution in [3.63, 3.8) is 0 Å². The Morgan fingerprint density at radius 3 is 2.10 bits per heavy atom. The fourth-order valence-corrected chi connectivity index (χ4v) is 2.98. The van der Waals surface area contributed by atoms with E-state index >= 15 is 0 Å². The number of thioether (sulfide) groups is 1. The van der Waals surface area contributed by atoms with Gasteiger partial charge in [-0.2, -0.15) is 0 Å². The maximum absolute atomic E-state index is 11.2. The van der Waals surface area contributed by atoms with Crippen molar-refractivity contribution < 1.29 is 4.21 Å². The summed E-state index contributed by atoms with van der Waals surface area (Å²) < 4.78 is 13.1. The molecule has 0 fully saturated rings. The molecule has 1 unspecified atom stereocenters. The Balaban J connectivity index is 0.000000211. The lowest BCUT2D eigenvalue weighted by atomic mass is 10.5. The summed E-state index contributed by atoms with van der Waals surface area (Å²) in [6.07, 6.45) is 3.47. The third-order valence-corrected chi connectivity index (χ3v) is 5.18. The number of halogens is 2. The molecule has 0 N–H and O–H groups in total. The molecule has 1 atom stereocenters. The first-order valence-electron chi connectivity index (χ1n) is 6.31. The van der Waals surface area contributed by atoms with Crippen molar-refractivity contribution in [1.82, 2.24) is 9.97 Å². The molecule has 3 nitrogen and oxygen atoms in total. The van der Waals surface area contributed by atoms with Crippen LogP contribution in [0.15, 0.2) is 55.7 Å². The maximum atomic E-state index is 11.2. The number of pyridine rings is 2. The van der Waals surface area contributed by atoms with Gasteiger partial charge in [0.2, 0.25) is 0 Å². The van der Waals surface area contributed by atoms with E-state index in [1.165, 1.54) is 0 Å². The average Bonchev–Trinajstić information content (AvgIpc) is 2.50. The van der Waals surface area contributed by atoms with E-state index in [1.54, 1.807) is 24.0 Å². The monoisotopic (exact) mass is 450 g/mol. The van der Waals surface area contributed by atoms with Crippen LogP contribution in [0.1, 0.15) is 13.8 Å². The predicted molar refractivity (Wildman–Crippen MR) is 97.2 cm³/mol. The van der Waals surface area contributed by atoms with Gasteiger partial charge in [-0.25, -0.2) is 9.97 Å². The first-order valence-corrected chi connectivity index (χ1v) is 10.2. The van der Waals surface area contributed by atoms with Gasteiger partial charge >= 0.3 is 0 Å². The van der Waals surface area contributed by atoms with E-state index < -0.39 is 10.8 Å². The Kier molecular flexibility index (Phi) is 9.39. The standard InChI is InChI=1S/C7H8BrNOS.C7H8BrNS/c1-2-11(10)7-4-3-6(8)5-9-7;1-2-10-7-4-3-6(8)5-9-7/h3-5H,2H2,1H3;3-5H,2H2,1H3. The largest absolute Gasteiger partial charge is 0.253 e. The molecule has 7 heteroatoms. The summed E-state index contributed by atoms with van der Waals surface area (Å²) in [7, 11) is -0.931. The van der Waals surface area contributed by atoms with Crippen molar-refractivity contribution in [3.05, 3.63) is 45.6 Å². The van der Waals surface area contributed by atoms with Crippen LogP contribution in [0, 0.1) is 0 Å². The normalized spacial score (nSPS) is 11.4. The molecule has 114 valence electrons. The molecule has 0 saturated heterocycles. The molecule has 0 radical (unpaired) electrons. The zero-order valence-electron chi connectivity index (χ0n) is 11.8. The van der Waals surface area contributed by atoms with E-state index in [2.05, 4.69) is 48.8 Å². The second kappa shape index (κ2) is 10.5. The van der Waals surface area contributed by atoms with Crippen LogP contribution in [0.25, 0.3) is 0 Å². The summed E-state index contributed by atoms with van der Waals surface area (Å²) in [4.78, 5) is 8.19. The van der Waals surface area contributed by atoms with Gasteiger partial charge in [-0.05, 0) is 61.9 Å². The lowest BCUT2D eigenvalue weighted by Crippen LogP contribution is -1.96. The topological polar surface area (TPSA) is 42.9 Å². The summed E-state index contributed by atoms with van der Waals surface area (Å²) in [5, 5.41) is 1.74. The highest BCUT2D eigenvalue weighted by Crippen LogP contribution is 2.16. The van der Waals surface area contributed by atoms with Crippen molar-refractivity contribution in [2.45, 2.75) is 23.9 Å². The Morgan fingerprint density at radius 2 is 1.67 bits per heavy atom. The SMILES string of the molecule is CCS(=O)c1ccc(Br)cn1.CCSc1ccc(Br)cn1. The maximum Gasteiger partial charge on any atom is 0.127 e. The van der Waals surface area contributed by atoms with E-state index in [0.717, 1.165) is 19.7 Å². The van der Waals surface area contributed by atoms with Gasteiger partial charge in [-0.15, -0.1) is 11.8 Å². The third kappa shape index (κ3) is 7.54. The van der Waals surface area contributed by atoms with Crippen LogP contribution < -0.4 is 0 Å². The fraction of sp³-hybridized carbons (Fsp3) is 0.286. The predicted octanol–water partition coefficient (Wildman–Crippen LogP) is 4.93. The molecule has 0 spiro atoms. The molecule has 0 aliphatic rings. The van der Waals surface area contributed by atoms with Gasteiger partial charge in [0.25, 0.3) is 0 Å². The Labute approximate surface area is 149 Å². The van der Waals surface area contributed by atoms with Crippen LogP contribution in [-0.2, 0) is 10.8 Å². The highest BCUT2D eigenvalue weighted by Gasteiger charge is 2.00. The van der Waals surface area contributed by atoms with Gasteiger partial charge in [0, 0.05) is 27.1 Å². The second-order valence-corrected chi connectivity index (χ2v) is 8.50. The lowest BCUT2D eigenvalue weighted by molar-refractivity contribution is 0.681. The first kappa shape index (κ1) is 18.8. The molecule has 0 aromatic carbocycles. The quantitative estimate of drug-likeness (QED) is 0.618. The van der Waals surface area contributed by atoms with Crippen molar-refractivity contribution in [3.8, 4) is 0 Å². The minimum Gasteiger partial charge on any atom is -0.253 e. The van der Waals surface area contributed by atoms with E-state index in [1.807, 2.05) is 31.3 Å². The Morgan fingerprint density at radius 1 is 1.05 bits per heavy atom. The number of rotatable bonds is 4. The van der Waals surface area contributed by atoms with Gasteiger partial charge in [-0.1, -0.05) is 13.8 Å². The van der Waals surface area contributed by atoms with Crippen LogP contribution in [-0.4, -0.2) is 25.7 Å². The van der Waals surface area contributed by atoms with Crippen LogP contribution in [0.2, 0.25) is 0 Å². The van der Waals surface area contributed by atoms with Gasteiger partial charge in [0.1, 0.15) is 5.03 Å². The van der Waals surface area contributed by atoms with Crippen molar-refractivity contribution in [1.29, 1.82) is 0 Å². The second-order valence-electron chi connectivity index (χ2n) is 3.70. The molecule has 0 saturated carbocycles. The number of hydrogen-bond donors (Lipinski definition) is 0. The zero-order valence-corrected chi connectivity index (χ0v) is 16.6. The molecule has 0 aliphatic carbocycles. The summed E-state index contributed by atoms with van der Waals surface area (Å²) in [6, 6.07) is 7.63. The van der Waals surface area contributed by atoms with E-state index in [9.17, 15) is 4.21 Å². The van der Waals surface area contributed by atoms with Crippen molar-refractivity contribution in [2.24, 2.45) is 0 Å². The minimum atomic E-state index is -0.931. The van der Waals surface area contributed by atoms with Crippen LogP contribution >= 0.6 is 43.6 Å². The molecule has 2 aromatic rings. The Bertz CT molecular complexity index is 562. The van der Waals surface area contributed by atoms with E-state index in [-0.39, 0.29) is 0 Å². The van der Waals surface area contributed by atoms with Gasteiger partial charge in [0.05, 0.1) is 15.8 Å². The van der Waals surface area contributed by atoms with Crippen LogP contribution in [0.5, 0.6) is 0 Å². The molecular weight excluding hydrogens is 436 g/mol. The summed E-state index contributed by atoms with van der Waals surface area (Å²) in [5.41, 5.74) is 0. The summed E-state index contributed by atoms with van der Waals surface area (Å²) >= 11 is 8.33. The number of nitrogens with zero attached hydrogens (tertiary/aromatic N) is 2. The van der Waals surface area contributed by atoms with Gasteiger partial charge < -0.3 is 0 Å². The summed E-state index contributed by atoms with van der Waals surface area (Å²) in [5.74, 6) is 1.70. The molecule has 0 amide bonds. The molecule has 0 aliphatic heterocycles. The summed E-state index contributed by atoms with van der Waals surface area (Å²) in [6.45, 7) is 3.99. The number of aromatic nitrogens is 2. The first-order chi connectivity index (χ1) is 10.1. The zero-order chi connectivity index (χ0) is 15.7. The molecule has 2 aromatic heterocycles. The van der Waals surface area contributed by atoms with Crippen molar-refractivity contribution in [2.75, 3.05) is 11.5 Å². The van der Waals surface area contributed by atoms with Gasteiger partial charge in [0.15, 0.2) is 0 Å². The van der Waals surface area contributed by atoms with E-state index in [0.29, 0.717) is 10.8 Å². The van der Waals surface area contributed by atoms with Crippen LogP contribution in [0.4, 0.5) is 0 Å². The fourth-order valence-electron chi connectivity index (χ4n) is 1.24. The molecule has 21 heavy (non-hydrogen) atoms. The van der Waals surface area contributed by atoms with Gasteiger partial charge in [-0.3, -0.25) is 4.21 Å². The van der Waals surface area contributed by atoms with Crippen LogP contribution in [0.3, 0.4) is 0 Å². The molecule has 2 heterocycles. The minimum absolute atomic E-state index is 0.620. The lowest BCUT2D eigenvalue weighted by Gasteiger charge is -1.96. The molecular formula is C14H16Br2N2OS2. The molecule has 2 rings (SSSR count). The highest BCUT2D eigenvalue weighted by molar-refractivity contribution is 9.10. The van der Waals surface area contributed by atoms with E-state index in [4.69, 9.17) is 0 Å². The average molecular weight is 452 g/mol. The Hall–Kier alpha value is -0.240. The third-order valence-electron chi connectivity index (χ3n) is 2.19. The molecule has 0 bridgehead atoms.